The first-order valence-corrected chi connectivity index (χ1v) is 5.89. The number of rotatable bonds is 3. The second-order valence-corrected chi connectivity index (χ2v) is 4.65. The average molecular weight is 331 g/mol. The summed E-state index contributed by atoms with van der Waals surface area (Å²) in [5, 5.41) is 11.2. The Labute approximate surface area is 115 Å². The number of hydrogen-bond donors (Lipinski definition) is 0. The van der Waals surface area contributed by atoms with Gasteiger partial charge in [-0.25, -0.2) is 0 Å². The number of benzene rings is 1. The molecule has 0 atom stereocenters. The van der Waals surface area contributed by atoms with Crippen LogP contribution in [-0.2, 0) is 0 Å². The molecular weight excluding hydrogens is 325 g/mol. The molecule has 0 bridgehead atoms. The maximum atomic E-state index is 11.0. The predicted molar refractivity (Wildman–Crippen MR) is 68.9 cm³/mol. The highest BCUT2D eigenvalue weighted by atomic mass is 79.9. The SMILES string of the molecule is O=Cc1ccc(-c2c(Br)cc(Cl)cc2[N+](=O)[O-])o1. The second kappa shape index (κ2) is 4.91. The first-order chi connectivity index (χ1) is 8.52. The van der Waals surface area contributed by atoms with Crippen molar-refractivity contribution in [2.24, 2.45) is 0 Å². The van der Waals surface area contributed by atoms with E-state index in [-0.39, 0.29) is 27.8 Å². The van der Waals surface area contributed by atoms with Gasteiger partial charge in [0.15, 0.2) is 12.0 Å². The van der Waals surface area contributed by atoms with Crippen molar-refractivity contribution in [3.05, 3.63) is 49.6 Å². The van der Waals surface area contributed by atoms with Crippen molar-refractivity contribution >= 4 is 39.5 Å². The smallest absolute Gasteiger partial charge is 0.282 e. The van der Waals surface area contributed by atoms with Crippen LogP contribution in [0.25, 0.3) is 11.3 Å². The van der Waals surface area contributed by atoms with Crippen molar-refractivity contribution in [1.82, 2.24) is 0 Å². The Bertz CT molecular complexity index is 638. The molecular formula is C11H5BrClNO4. The largest absolute Gasteiger partial charge is 0.453 e. The average Bonchev–Trinajstić information content (AvgIpc) is 2.76. The maximum absolute atomic E-state index is 11.0. The van der Waals surface area contributed by atoms with E-state index in [1.165, 1.54) is 24.3 Å². The van der Waals surface area contributed by atoms with Crippen molar-refractivity contribution < 1.29 is 14.1 Å². The van der Waals surface area contributed by atoms with E-state index in [0.29, 0.717) is 10.8 Å². The Hall–Kier alpha value is -1.66. The molecule has 2 rings (SSSR count). The lowest BCUT2D eigenvalue weighted by Crippen LogP contribution is -1.92. The lowest BCUT2D eigenvalue weighted by molar-refractivity contribution is -0.384. The summed E-state index contributed by atoms with van der Waals surface area (Å²) in [6.45, 7) is 0. The third kappa shape index (κ3) is 2.30. The molecule has 0 aliphatic rings. The molecule has 0 unspecified atom stereocenters. The Morgan fingerprint density at radius 3 is 2.67 bits per heavy atom. The van der Waals surface area contributed by atoms with Crippen molar-refractivity contribution in [2.75, 3.05) is 0 Å². The number of halogens is 2. The van der Waals surface area contributed by atoms with Gasteiger partial charge in [-0.3, -0.25) is 14.9 Å². The first kappa shape index (κ1) is 12.8. The lowest BCUT2D eigenvalue weighted by atomic mass is 10.1. The van der Waals surface area contributed by atoms with E-state index in [1.807, 2.05) is 0 Å². The molecule has 1 aromatic heterocycles. The summed E-state index contributed by atoms with van der Waals surface area (Å²) >= 11 is 8.96. The lowest BCUT2D eigenvalue weighted by Gasteiger charge is -2.03. The molecule has 0 amide bonds. The van der Waals surface area contributed by atoms with Gasteiger partial charge in [0.05, 0.1) is 4.92 Å². The van der Waals surface area contributed by atoms with Crippen LogP contribution in [0.2, 0.25) is 5.02 Å². The van der Waals surface area contributed by atoms with Crippen molar-refractivity contribution in [3.63, 3.8) is 0 Å². The van der Waals surface area contributed by atoms with Crippen LogP contribution >= 0.6 is 27.5 Å². The number of carbonyl (C=O) groups is 1. The molecule has 1 aromatic carbocycles. The standard InChI is InChI=1S/C11H5BrClNO4/c12-8-3-6(13)4-9(14(16)17)11(8)10-2-1-7(5-15)18-10/h1-5H. The monoisotopic (exact) mass is 329 g/mol. The molecule has 0 aliphatic heterocycles. The summed E-state index contributed by atoms with van der Waals surface area (Å²) < 4.78 is 5.61. The highest BCUT2D eigenvalue weighted by Crippen LogP contribution is 2.39. The second-order valence-electron chi connectivity index (χ2n) is 3.36. The number of hydrogen-bond acceptors (Lipinski definition) is 4. The number of nitro groups is 1. The van der Waals surface area contributed by atoms with E-state index in [2.05, 4.69) is 15.9 Å². The van der Waals surface area contributed by atoms with Gasteiger partial charge in [0.25, 0.3) is 5.69 Å². The molecule has 0 fully saturated rings. The highest BCUT2D eigenvalue weighted by molar-refractivity contribution is 9.10. The van der Waals surface area contributed by atoms with E-state index in [0.717, 1.165) is 0 Å². The number of nitro benzene ring substituents is 1. The van der Waals surface area contributed by atoms with Gasteiger partial charge >= 0.3 is 0 Å². The quantitative estimate of drug-likeness (QED) is 0.483. The van der Waals surface area contributed by atoms with E-state index in [9.17, 15) is 14.9 Å². The highest BCUT2D eigenvalue weighted by Gasteiger charge is 2.22. The summed E-state index contributed by atoms with van der Waals surface area (Å²) in [5.41, 5.74) is 0.0543. The normalized spacial score (nSPS) is 10.3. The molecule has 0 N–H and O–H groups in total. The van der Waals surface area contributed by atoms with Crippen LogP contribution in [0, 0.1) is 10.1 Å². The zero-order valence-electron chi connectivity index (χ0n) is 8.72. The van der Waals surface area contributed by atoms with Gasteiger partial charge in [-0.1, -0.05) is 11.6 Å². The molecule has 7 heteroatoms. The van der Waals surface area contributed by atoms with Crippen LogP contribution < -0.4 is 0 Å². The van der Waals surface area contributed by atoms with Crippen LogP contribution in [0.4, 0.5) is 5.69 Å². The minimum atomic E-state index is -0.560. The molecule has 0 spiro atoms. The fraction of sp³-hybridized carbons (Fsp3) is 0. The van der Waals surface area contributed by atoms with Gasteiger partial charge in [-0.05, 0) is 34.1 Å². The van der Waals surface area contributed by atoms with Gasteiger partial charge in [-0.15, -0.1) is 0 Å². The predicted octanol–water partition coefficient (Wildman–Crippen LogP) is 4.08. The molecule has 0 radical (unpaired) electrons. The summed E-state index contributed by atoms with van der Waals surface area (Å²) in [6, 6.07) is 5.68. The fourth-order valence-corrected chi connectivity index (χ4v) is 2.49. The molecule has 0 saturated heterocycles. The molecule has 92 valence electrons. The molecule has 0 aliphatic carbocycles. The number of aldehydes is 1. The van der Waals surface area contributed by atoms with Crippen LogP contribution in [0.1, 0.15) is 10.6 Å². The Morgan fingerprint density at radius 2 is 2.11 bits per heavy atom. The zero-order chi connectivity index (χ0) is 13.3. The Morgan fingerprint density at radius 1 is 1.39 bits per heavy atom. The third-order valence-corrected chi connectivity index (χ3v) is 3.06. The minimum Gasteiger partial charge on any atom is -0.453 e. The summed E-state index contributed by atoms with van der Waals surface area (Å²) in [5.74, 6) is 0.327. The third-order valence-electron chi connectivity index (χ3n) is 2.22. The zero-order valence-corrected chi connectivity index (χ0v) is 11.1. The number of nitrogens with zero attached hydrogens (tertiary/aromatic N) is 1. The Kier molecular flexibility index (Phi) is 3.49. The van der Waals surface area contributed by atoms with Gasteiger partial charge in [0.2, 0.25) is 0 Å². The van der Waals surface area contributed by atoms with E-state index >= 15 is 0 Å². The first-order valence-electron chi connectivity index (χ1n) is 4.71. The molecule has 1 heterocycles. The number of furan rings is 1. The van der Waals surface area contributed by atoms with Crippen LogP contribution in [0.15, 0.2) is 33.2 Å². The molecule has 0 saturated carbocycles. The van der Waals surface area contributed by atoms with Gasteiger partial charge in [-0.2, -0.15) is 0 Å². The molecule has 5 nitrogen and oxygen atoms in total. The van der Waals surface area contributed by atoms with E-state index in [1.54, 1.807) is 0 Å². The summed E-state index contributed by atoms with van der Waals surface area (Å²) in [4.78, 5) is 21.0. The molecule has 18 heavy (non-hydrogen) atoms. The van der Waals surface area contributed by atoms with Crippen molar-refractivity contribution in [3.8, 4) is 11.3 Å². The van der Waals surface area contributed by atoms with Crippen molar-refractivity contribution in [2.45, 2.75) is 0 Å². The maximum Gasteiger partial charge on any atom is 0.282 e. The summed E-state index contributed by atoms with van der Waals surface area (Å²) in [6.07, 6.45) is 0.527. The van der Waals surface area contributed by atoms with Crippen LogP contribution in [-0.4, -0.2) is 11.2 Å². The topological polar surface area (TPSA) is 73.3 Å². The summed E-state index contributed by atoms with van der Waals surface area (Å²) in [7, 11) is 0. The fourth-order valence-electron chi connectivity index (χ4n) is 1.50. The van der Waals surface area contributed by atoms with Gasteiger partial charge in [0, 0.05) is 15.6 Å². The van der Waals surface area contributed by atoms with Crippen LogP contribution in [0.5, 0.6) is 0 Å². The van der Waals surface area contributed by atoms with Gasteiger partial charge in [0.1, 0.15) is 11.3 Å². The Balaban J connectivity index is 2.69. The van der Waals surface area contributed by atoms with E-state index < -0.39 is 4.92 Å². The molecule has 2 aromatic rings. The minimum absolute atomic E-state index is 0.0983. The number of carbonyl (C=O) groups excluding carboxylic acids is 1. The van der Waals surface area contributed by atoms with Crippen LogP contribution in [0.3, 0.4) is 0 Å². The van der Waals surface area contributed by atoms with Gasteiger partial charge < -0.3 is 4.42 Å². The van der Waals surface area contributed by atoms with E-state index in [4.69, 9.17) is 16.0 Å². The van der Waals surface area contributed by atoms with Crippen molar-refractivity contribution in [1.29, 1.82) is 0 Å².